The first kappa shape index (κ1) is 24.3. The highest BCUT2D eigenvalue weighted by molar-refractivity contribution is 5.91. The van der Waals surface area contributed by atoms with Gasteiger partial charge in [-0.25, -0.2) is 9.48 Å². The van der Waals surface area contributed by atoms with Gasteiger partial charge in [0.25, 0.3) is 0 Å². The predicted molar refractivity (Wildman–Crippen MR) is 132 cm³/mol. The molecule has 2 amide bonds. The number of hydrogen-bond donors (Lipinski definition) is 2. The number of ether oxygens (including phenoxy) is 1. The number of para-hydroxylation sites is 1. The number of rotatable bonds is 6. The number of benzene rings is 1. The maximum absolute atomic E-state index is 12.9. The normalized spacial score (nSPS) is 18.1. The van der Waals surface area contributed by atoms with Crippen molar-refractivity contribution in [2.24, 2.45) is 0 Å². The van der Waals surface area contributed by atoms with Crippen molar-refractivity contribution in [1.29, 1.82) is 0 Å². The van der Waals surface area contributed by atoms with Gasteiger partial charge in [0.1, 0.15) is 11.4 Å². The molecule has 1 aliphatic heterocycles. The third-order valence-electron chi connectivity index (χ3n) is 6.45. The maximum atomic E-state index is 12.9. The van der Waals surface area contributed by atoms with Crippen LogP contribution in [0.4, 0.5) is 10.6 Å². The Bertz CT molecular complexity index is 968. The van der Waals surface area contributed by atoms with E-state index in [1.165, 1.54) is 12.8 Å². The maximum Gasteiger partial charge on any atom is 0.407 e. The van der Waals surface area contributed by atoms with Crippen LogP contribution in [0.2, 0.25) is 0 Å². The van der Waals surface area contributed by atoms with E-state index in [4.69, 9.17) is 9.84 Å². The first-order valence-electron chi connectivity index (χ1n) is 12.4. The molecule has 1 aromatic carbocycles. The molecule has 1 aliphatic carbocycles. The highest BCUT2D eigenvalue weighted by atomic mass is 16.6. The van der Waals surface area contributed by atoms with Crippen molar-refractivity contribution >= 4 is 17.8 Å². The van der Waals surface area contributed by atoms with Crippen LogP contribution < -0.4 is 10.6 Å². The van der Waals surface area contributed by atoms with Crippen molar-refractivity contribution in [3.05, 3.63) is 42.1 Å². The lowest BCUT2D eigenvalue weighted by Crippen LogP contribution is -2.47. The van der Waals surface area contributed by atoms with E-state index >= 15 is 0 Å². The molecule has 2 aliphatic rings. The second kappa shape index (κ2) is 10.6. The van der Waals surface area contributed by atoms with E-state index in [9.17, 15) is 9.59 Å². The molecule has 34 heavy (non-hydrogen) atoms. The first-order chi connectivity index (χ1) is 16.3. The average Bonchev–Trinajstić information content (AvgIpc) is 3.44. The molecule has 184 valence electrons. The molecule has 2 N–H and O–H groups in total. The van der Waals surface area contributed by atoms with Crippen LogP contribution in [-0.4, -0.2) is 58.0 Å². The standard InChI is InChI=1S/C26H37N5O3/c1-26(2,3)34-25(33)27-20-13-15-30(16-14-20)18-24(32)28-23-17-22(19-9-7-8-10-19)29-31(23)21-11-5-4-6-12-21/h4-6,11-12,17,19-20H,7-10,13-16,18H2,1-3H3,(H,27,33)(H,28,32). The highest BCUT2D eigenvalue weighted by Gasteiger charge is 2.26. The monoisotopic (exact) mass is 467 g/mol. The van der Waals surface area contributed by atoms with Crippen molar-refractivity contribution < 1.29 is 14.3 Å². The van der Waals surface area contributed by atoms with Crippen molar-refractivity contribution in [2.45, 2.75) is 76.9 Å². The van der Waals surface area contributed by atoms with Gasteiger partial charge in [0.15, 0.2) is 0 Å². The van der Waals surface area contributed by atoms with Crippen molar-refractivity contribution in [2.75, 3.05) is 25.0 Å². The summed E-state index contributed by atoms with van der Waals surface area (Å²) in [5, 5.41) is 10.9. The summed E-state index contributed by atoms with van der Waals surface area (Å²) in [6, 6.07) is 12.1. The number of amides is 2. The van der Waals surface area contributed by atoms with E-state index < -0.39 is 5.60 Å². The van der Waals surface area contributed by atoms with E-state index in [0.717, 1.165) is 56.0 Å². The summed E-state index contributed by atoms with van der Waals surface area (Å²) in [7, 11) is 0. The molecular weight excluding hydrogens is 430 g/mol. The molecule has 0 radical (unpaired) electrons. The fraction of sp³-hybridized carbons (Fsp3) is 0.577. The molecule has 2 fully saturated rings. The Morgan fingerprint density at radius 3 is 2.38 bits per heavy atom. The zero-order valence-corrected chi connectivity index (χ0v) is 20.5. The molecule has 0 bridgehead atoms. The second-order valence-corrected chi connectivity index (χ2v) is 10.4. The SMILES string of the molecule is CC(C)(C)OC(=O)NC1CCN(CC(=O)Nc2cc(C3CCCC3)nn2-c2ccccc2)CC1. The molecule has 4 rings (SSSR count). The Labute approximate surface area is 202 Å². The summed E-state index contributed by atoms with van der Waals surface area (Å²) >= 11 is 0. The van der Waals surface area contributed by atoms with Gasteiger partial charge in [-0.2, -0.15) is 5.10 Å². The van der Waals surface area contributed by atoms with Crippen molar-refractivity contribution in [3.8, 4) is 5.69 Å². The molecule has 8 heteroatoms. The van der Waals surface area contributed by atoms with Gasteiger partial charge in [0.2, 0.25) is 5.91 Å². The number of hydrogen-bond acceptors (Lipinski definition) is 5. The van der Waals surface area contributed by atoms with Gasteiger partial charge in [-0.3, -0.25) is 9.69 Å². The zero-order valence-electron chi connectivity index (χ0n) is 20.5. The van der Waals surface area contributed by atoms with E-state index in [0.29, 0.717) is 12.5 Å². The van der Waals surface area contributed by atoms with Gasteiger partial charge >= 0.3 is 6.09 Å². The van der Waals surface area contributed by atoms with Crippen LogP contribution in [-0.2, 0) is 9.53 Å². The van der Waals surface area contributed by atoms with Gasteiger partial charge in [-0.05, 0) is 58.6 Å². The lowest BCUT2D eigenvalue weighted by atomic mass is 10.0. The van der Waals surface area contributed by atoms with Crippen LogP contribution in [0, 0.1) is 0 Å². The summed E-state index contributed by atoms with van der Waals surface area (Å²) in [5.74, 6) is 1.14. The van der Waals surface area contributed by atoms with E-state index in [1.54, 1.807) is 0 Å². The van der Waals surface area contributed by atoms with E-state index in [2.05, 4.69) is 15.5 Å². The number of alkyl carbamates (subject to hydrolysis) is 1. The highest BCUT2D eigenvalue weighted by Crippen LogP contribution is 2.35. The lowest BCUT2D eigenvalue weighted by Gasteiger charge is -2.32. The molecular formula is C26H37N5O3. The largest absolute Gasteiger partial charge is 0.444 e. The van der Waals surface area contributed by atoms with Gasteiger partial charge in [-0.15, -0.1) is 0 Å². The number of anilines is 1. The summed E-state index contributed by atoms with van der Waals surface area (Å²) in [5.41, 5.74) is 1.49. The zero-order chi connectivity index (χ0) is 24.1. The summed E-state index contributed by atoms with van der Waals surface area (Å²) in [6.45, 7) is 7.38. The number of carbonyl (C=O) groups excluding carboxylic acids is 2. The van der Waals surface area contributed by atoms with E-state index in [-0.39, 0.29) is 18.0 Å². The van der Waals surface area contributed by atoms with Gasteiger partial charge in [0, 0.05) is 31.1 Å². The predicted octanol–water partition coefficient (Wildman–Crippen LogP) is 4.46. The number of piperidine rings is 1. The minimum Gasteiger partial charge on any atom is -0.444 e. The minimum absolute atomic E-state index is 0.0476. The summed E-state index contributed by atoms with van der Waals surface area (Å²) < 4.78 is 7.20. The van der Waals surface area contributed by atoms with Crippen LogP contribution in [0.25, 0.3) is 5.69 Å². The molecule has 0 unspecified atom stereocenters. The van der Waals surface area contributed by atoms with Crippen molar-refractivity contribution in [3.63, 3.8) is 0 Å². The molecule has 0 atom stereocenters. The molecule has 1 saturated heterocycles. The van der Waals surface area contributed by atoms with Crippen LogP contribution in [0.3, 0.4) is 0 Å². The van der Waals surface area contributed by atoms with Gasteiger partial charge in [-0.1, -0.05) is 31.0 Å². The molecule has 0 spiro atoms. The van der Waals surface area contributed by atoms with Crippen LogP contribution >= 0.6 is 0 Å². The third kappa shape index (κ3) is 6.59. The third-order valence-corrected chi connectivity index (χ3v) is 6.45. The van der Waals surface area contributed by atoms with Crippen molar-refractivity contribution in [1.82, 2.24) is 20.0 Å². The average molecular weight is 468 g/mol. The topological polar surface area (TPSA) is 88.5 Å². The Hall–Kier alpha value is -2.87. The second-order valence-electron chi connectivity index (χ2n) is 10.4. The summed E-state index contributed by atoms with van der Waals surface area (Å²) in [6.07, 6.45) is 6.00. The number of nitrogens with zero attached hydrogens (tertiary/aromatic N) is 3. The Morgan fingerprint density at radius 2 is 1.74 bits per heavy atom. The van der Waals surface area contributed by atoms with Gasteiger partial charge in [0.05, 0.1) is 17.9 Å². The Balaban J connectivity index is 1.33. The Morgan fingerprint density at radius 1 is 1.06 bits per heavy atom. The quantitative estimate of drug-likeness (QED) is 0.655. The minimum atomic E-state index is -0.507. The fourth-order valence-corrected chi connectivity index (χ4v) is 4.77. The molecule has 2 aromatic rings. The molecule has 8 nitrogen and oxygen atoms in total. The molecule has 1 saturated carbocycles. The van der Waals surface area contributed by atoms with Crippen LogP contribution in [0.15, 0.2) is 36.4 Å². The fourth-order valence-electron chi connectivity index (χ4n) is 4.77. The number of likely N-dealkylation sites (tertiary alicyclic amines) is 1. The first-order valence-corrected chi connectivity index (χ1v) is 12.4. The number of carbonyl (C=O) groups is 2. The number of nitrogens with one attached hydrogen (secondary N) is 2. The van der Waals surface area contributed by atoms with Gasteiger partial charge < -0.3 is 15.4 Å². The van der Waals surface area contributed by atoms with Crippen LogP contribution in [0.1, 0.15) is 70.9 Å². The number of aromatic nitrogens is 2. The van der Waals surface area contributed by atoms with E-state index in [1.807, 2.05) is 61.9 Å². The van der Waals surface area contributed by atoms with Crippen LogP contribution in [0.5, 0.6) is 0 Å². The Kier molecular flexibility index (Phi) is 7.56. The molecule has 1 aromatic heterocycles. The smallest absolute Gasteiger partial charge is 0.407 e. The lowest BCUT2D eigenvalue weighted by molar-refractivity contribution is -0.117. The molecule has 2 heterocycles. The summed E-state index contributed by atoms with van der Waals surface area (Å²) in [4.78, 5) is 27.1.